The second kappa shape index (κ2) is 9.26. The van der Waals surface area contributed by atoms with Crippen molar-refractivity contribution in [3.8, 4) is 11.5 Å². The molecule has 0 spiro atoms. The molecule has 0 bridgehead atoms. The van der Waals surface area contributed by atoms with Crippen molar-refractivity contribution < 1.29 is 19.2 Å². The van der Waals surface area contributed by atoms with Crippen LogP contribution in [0.4, 0.5) is 0 Å². The van der Waals surface area contributed by atoms with Gasteiger partial charge in [0.15, 0.2) is 11.5 Å². The highest BCUT2D eigenvalue weighted by molar-refractivity contribution is 5.79. The fourth-order valence-corrected chi connectivity index (χ4v) is 4.35. The Morgan fingerprint density at radius 3 is 2.50 bits per heavy atom. The zero-order valence-electron chi connectivity index (χ0n) is 16.3. The molecule has 2 atom stereocenters. The number of carbonyl (C=O) groups excluding carboxylic acids is 1. The molecular formula is C21H33N2O3+. The van der Waals surface area contributed by atoms with E-state index in [2.05, 4.69) is 17.0 Å². The molecule has 3 rings (SSSR count). The normalized spacial score (nSPS) is 24.0. The van der Waals surface area contributed by atoms with Gasteiger partial charge in [0, 0.05) is 18.7 Å². The van der Waals surface area contributed by atoms with E-state index in [4.69, 9.17) is 9.47 Å². The number of ether oxygens (including phenoxy) is 2. The summed E-state index contributed by atoms with van der Waals surface area (Å²) in [5.74, 6) is 2.13. The smallest absolute Gasteiger partial charge is 0.231 e. The monoisotopic (exact) mass is 361 g/mol. The maximum Gasteiger partial charge on any atom is 0.231 e. The van der Waals surface area contributed by atoms with Crippen molar-refractivity contribution in [1.82, 2.24) is 4.90 Å². The van der Waals surface area contributed by atoms with Gasteiger partial charge in [0.25, 0.3) is 0 Å². The Morgan fingerprint density at radius 2 is 1.81 bits per heavy atom. The van der Waals surface area contributed by atoms with Gasteiger partial charge < -0.3 is 19.3 Å². The number of methoxy groups -OCH3 is 2. The van der Waals surface area contributed by atoms with Crippen LogP contribution < -0.4 is 14.4 Å². The van der Waals surface area contributed by atoms with E-state index >= 15 is 0 Å². The summed E-state index contributed by atoms with van der Waals surface area (Å²) in [6.07, 6.45) is 7.05. The van der Waals surface area contributed by atoms with Crippen molar-refractivity contribution >= 4 is 5.91 Å². The van der Waals surface area contributed by atoms with Gasteiger partial charge in [-0.2, -0.15) is 0 Å². The molecule has 2 saturated heterocycles. The van der Waals surface area contributed by atoms with Crippen LogP contribution >= 0.6 is 0 Å². The Hall–Kier alpha value is -1.75. The Bertz CT molecular complexity index is 597. The molecule has 2 aliphatic rings. The summed E-state index contributed by atoms with van der Waals surface area (Å²) < 4.78 is 10.7. The zero-order valence-corrected chi connectivity index (χ0v) is 16.3. The van der Waals surface area contributed by atoms with Crippen LogP contribution in [0.25, 0.3) is 0 Å². The van der Waals surface area contributed by atoms with Crippen molar-refractivity contribution in [3.63, 3.8) is 0 Å². The largest absolute Gasteiger partial charge is 0.493 e. The van der Waals surface area contributed by atoms with Crippen molar-refractivity contribution in [2.75, 3.05) is 40.4 Å². The molecule has 26 heavy (non-hydrogen) atoms. The first-order valence-corrected chi connectivity index (χ1v) is 10.0. The third kappa shape index (κ3) is 4.70. The molecule has 5 nitrogen and oxygen atoms in total. The number of piperidine rings is 1. The summed E-state index contributed by atoms with van der Waals surface area (Å²) in [5, 5.41) is 0. The first-order valence-electron chi connectivity index (χ1n) is 10.0. The van der Waals surface area contributed by atoms with Crippen LogP contribution in [0.2, 0.25) is 0 Å². The van der Waals surface area contributed by atoms with Crippen LogP contribution in [-0.4, -0.2) is 51.2 Å². The standard InChI is InChI=1S/C21H32N2O3/c1-25-19-10-9-17(14-20(19)26-2)15-22-11-7-8-18(16-22)21(24)23-12-5-3-4-6-13-23/h9-10,14,18H,3-8,11-13,15-16H2,1-2H3/p+1. The van der Waals surface area contributed by atoms with E-state index in [-0.39, 0.29) is 5.92 Å². The molecule has 5 heteroatoms. The quantitative estimate of drug-likeness (QED) is 0.871. The highest BCUT2D eigenvalue weighted by atomic mass is 16.5. The minimum absolute atomic E-state index is 0.192. The van der Waals surface area contributed by atoms with Crippen molar-refractivity contribution in [3.05, 3.63) is 23.8 Å². The zero-order chi connectivity index (χ0) is 18.4. The molecule has 1 amide bonds. The third-order valence-corrected chi connectivity index (χ3v) is 5.79. The first-order chi connectivity index (χ1) is 12.7. The Balaban J connectivity index is 1.60. The molecular weight excluding hydrogens is 328 g/mol. The minimum Gasteiger partial charge on any atom is -0.493 e. The molecule has 1 aromatic rings. The summed E-state index contributed by atoms with van der Waals surface area (Å²) in [6, 6.07) is 6.14. The number of rotatable bonds is 5. The van der Waals surface area contributed by atoms with E-state index < -0.39 is 0 Å². The Morgan fingerprint density at radius 1 is 1.08 bits per heavy atom. The number of benzene rings is 1. The topological polar surface area (TPSA) is 43.2 Å². The van der Waals surface area contributed by atoms with Crippen molar-refractivity contribution in [2.24, 2.45) is 5.92 Å². The summed E-state index contributed by atoms with van der Waals surface area (Å²) in [4.78, 5) is 16.6. The van der Waals surface area contributed by atoms with Crippen LogP contribution in [0.3, 0.4) is 0 Å². The lowest BCUT2D eigenvalue weighted by molar-refractivity contribution is -0.921. The molecule has 0 aromatic heterocycles. The molecule has 0 saturated carbocycles. The van der Waals surface area contributed by atoms with Gasteiger partial charge >= 0.3 is 0 Å². The van der Waals surface area contributed by atoms with Gasteiger partial charge in [0.2, 0.25) is 5.91 Å². The molecule has 2 heterocycles. The Labute approximate surface area is 157 Å². The van der Waals surface area contributed by atoms with Crippen molar-refractivity contribution in [2.45, 2.75) is 45.1 Å². The number of amides is 1. The highest BCUT2D eigenvalue weighted by Gasteiger charge is 2.32. The van der Waals surface area contributed by atoms with Crippen LogP contribution in [-0.2, 0) is 11.3 Å². The maximum absolute atomic E-state index is 13.0. The molecule has 0 aliphatic carbocycles. The predicted octanol–water partition coefficient (Wildman–Crippen LogP) is 1.90. The van der Waals surface area contributed by atoms with Gasteiger partial charge in [-0.15, -0.1) is 0 Å². The molecule has 144 valence electrons. The summed E-state index contributed by atoms with van der Waals surface area (Å²) in [7, 11) is 3.33. The molecule has 1 N–H and O–H groups in total. The van der Waals surface area contributed by atoms with Crippen LogP contribution in [0.15, 0.2) is 18.2 Å². The van der Waals surface area contributed by atoms with Gasteiger partial charge in [-0.25, -0.2) is 0 Å². The van der Waals surface area contributed by atoms with Gasteiger partial charge in [-0.1, -0.05) is 12.8 Å². The summed E-state index contributed by atoms with van der Waals surface area (Å²) in [5.41, 5.74) is 1.24. The van der Waals surface area contributed by atoms with Crippen LogP contribution in [0.5, 0.6) is 11.5 Å². The van der Waals surface area contributed by atoms with E-state index in [0.717, 1.165) is 57.1 Å². The van der Waals surface area contributed by atoms with Gasteiger partial charge in [0.1, 0.15) is 6.54 Å². The number of carbonyl (C=O) groups is 1. The van der Waals surface area contributed by atoms with Gasteiger partial charge in [-0.3, -0.25) is 4.79 Å². The fourth-order valence-electron chi connectivity index (χ4n) is 4.35. The maximum atomic E-state index is 13.0. The Kier molecular flexibility index (Phi) is 6.78. The number of quaternary nitrogens is 1. The van der Waals surface area contributed by atoms with E-state index in [9.17, 15) is 4.79 Å². The average molecular weight is 362 g/mol. The third-order valence-electron chi connectivity index (χ3n) is 5.79. The van der Waals surface area contributed by atoms with Crippen LogP contribution in [0.1, 0.15) is 44.1 Å². The van der Waals surface area contributed by atoms with E-state index in [1.807, 2.05) is 6.07 Å². The lowest BCUT2D eigenvalue weighted by Gasteiger charge is -2.32. The lowest BCUT2D eigenvalue weighted by Crippen LogP contribution is -3.12. The number of nitrogens with zero attached hydrogens (tertiary/aromatic N) is 1. The van der Waals surface area contributed by atoms with Crippen LogP contribution in [0, 0.1) is 5.92 Å². The molecule has 2 aliphatic heterocycles. The minimum atomic E-state index is 0.192. The van der Waals surface area contributed by atoms with E-state index in [1.54, 1.807) is 14.2 Å². The van der Waals surface area contributed by atoms with E-state index in [0.29, 0.717) is 5.91 Å². The summed E-state index contributed by atoms with van der Waals surface area (Å²) >= 11 is 0. The van der Waals surface area contributed by atoms with Gasteiger partial charge in [0.05, 0.1) is 33.2 Å². The number of nitrogens with one attached hydrogen (secondary N) is 1. The van der Waals surface area contributed by atoms with E-state index in [1.165, 1.54) is 36.1 Å². The molecule has 0 radical (unpaired) electrons. The number of likely N-dealkylation sites (tertiary alicyclic amines) is 2. The van der Waals surface area contributed by atoms with Crippen molar-refractivity contribution in [1.29, 1.82) is 0 Å². The van der Waals surface area contributed by atoms with Gasteiger partial charge in [-0.05, 0) is 43.9 Å². The first kappa shape index (κ1) is 19.0. The number of hydrogen-bond acceptors (Lipinski definition) is 3. The molecule has 2 unspecified atom stereocenters. The SMILES string of the molecule is COc1ccc(C[NH+]2CCCC(C(=O)N3CCCCCC3)C2)cc1OC. The fraction of sp³-hybridized carbons (Fsp3) is 0.667. The highest BCUT2D eigenvalue weighted by Crippen LogP contribution is 2.27. The predicted molar refractivity (Wildman–Crippen MR) is 102 cm³/mol. The lowest BCUT2D eigenvalue weighted by atomic mass is 9.96. The average Bonchev–Trinajstić information content (AvgIpc) is 2.97. The number of hydrogen-bond donors (Lipinski definition) is 1. The molecule has 1 aromatic carbocycles. The summed E-state index contributed by atoms with van der Waals surface area (Å²) in [6.45, 7) is 4.94. The molecule has 2 fully saturated rings. The second-order valence-electron chi connectivity index (χ2n) is 7.65. The second-order valence-corrected chi connectivity index (χ2v) is 7.65.